The van der Waals surface area contributed by atoms with E-state index in [1.807, 2.05) is 4.90 Å². The second-order valence-electron chi connectivity index (χ2n) is 5.86. The Hall–Kier alpha value is -1.62. The van der Waals surface area contributed by atoms with Crippen molar-refractivity contribution in [2.45, 2.75) is 33.1 Å². The highest BCUT2D eigenvalue weighted by atomic mass is 16.2. The molecule has 19 heavy (non-hydrogen) atoms. The van der Waals surface area contributed by atoms with Gasteiger partial charge in [0.1, 0.15) is 11.5 Å². The molecular weight excluding hydrogens is 240 g/mol. The van der Waals surface area contributed by atoms with Gasteiger partial charge in [-0.05, 0) is 36.8 Å². The number of hydrogen-bond acceptors (Lipinski definition) is 4. The molecule has 1 amide bonds. The lowest BCUT2D eigenvalue weighted by Gasteiger charge is -2.23. The van der Waals surface area contributed by atoms with Crippen molar-refractivity contribution in [3.8, 4) is 0 Å². The summed E-state index contributed by atoms with van der Waals surface area (Å²) in [7, 11) is 0. The van der Waals surface area contributed by atoms with Gasteiger partial charge in [0.05, 0.1) is 0 Å². The Kier molecular flexibility index (Phi) is 4.04. The largest absolute Gasteiger partial charge is 0.337 e. The first-order chi connectivity index (χ1) is 9.02. The maximum atomic E-state index is 12.4. The number of carbonyl (C=O) groups excluding carboxylic acids is 1. The van der Waals surface area contributed by atoms with E-state index in [4.69, 9.17) is 5.84 Å². The molecule has 0 atom stereocenters. The summed E-state index contributed by atoms with van der Waals surface area (Å²) in [6.45, 7) is 6.13. The van der Waals surface area contributed by atoms with Gasteiger partial charge >= 0.3 is 0 Å². The molecule has 2 rings (SSSR count). The van der Waals surface area contributed by atoms with Gasteiger partial charge in [-0.15, -0.1) is 0 Å². The van der Waals surface area contributed by atoms with Gasteiger partial charge in [0.15, 0.2) is 0 Å². The summed E-state index contributed by atoms with van der Waals surface area (Å²) < 4.78 is 0. The minimum atomic E-state index is -0.00481. The Balaban J connectivity index is 2.10. The van der Waals surface area contributed by atoms with Crippen LogP contribution in [0.3, 0.4) is 0 Å². The third-order valence-corrected chi connectivity index (χ3v) is 3.74. The van der Waals surface area contributed by atoms with Gasteiger partial charge in [-0.3, -0.25) is 4.79 Å². The van der Waals surface area contributed by atoms with Crippen LogP contribution in [-0.4, -0.2) is 28.9 Å². The number of nitrogen functional groups attached to an aromatic ring is 1. The van der Waals surface area contributed by atoms with E-state index >= 15 is 0 Å². The number of anilines is 1. The van der Waals surface area contributed by atoms with Crippen molar-refractivity contribution in [3.63, 3.8) is 0 Å². The highest BCUT2D eigenvalue weighted by Gasteiger charge is 2.26. The fraction of sp³-hybridized carbons (Fsp3) is 0.571. The zero-order valence-electron chi connectivity index (χ0n) is 11.6. The van der Waals surface area contributed by atoms with Crippen molar-refractivity contribution >= 4 is 11.7 Å². The summed E-state index contributed by atoms with van der Waals surface area (Å²) in [6.07, 6.45) is 3.25. The number of hydrazine groups is 1. The molecule has 0 bridgehead atoms. The second-order valence-corrected chi connectivity index (χ2v) is 5.86. The maximum Gasteiger partial charge on any atom is 0.272 e. The van der Waals surface area contributed by atoms with Crippen LogP contribution >= 0.6 is 0 Å². The lowest BCUT2D eigenvalue weighted by atomic mass is 9.85. The molecule has 0 aromatic carbocycles. The molecule has 5 heteroatoms. The van der Waals surface area contributed by atoms with Crippen molar-refractivity contribution < 1.29 is 4.79 Å². The normalized spacial score (nSPS) is 18.8. The molecular formula is C14H22N4O. The monoisotopic (exact) mass is 262 g/mol. The summed E-state index contributed by atoms with van der Waals surface area (Å²) >= 11 is 0. The molecule has 1 aliphatic rings. The number of likely N-dealkylation sites (tertiary alicyclic amines) is 1. The number of carbonyl (C=O) groups is 1. The molecule has 2 heterocycles. The topological polar surface area (TPSA) is 71.2 Å². The third-order valence-electron chi connectivity index (χ3n) is 3.74. The van der Waals surface area contributed by atoms with Gasteiger partial charge < -0.3 is 10.3 Å². The molecule has 1 aliphatic heterocycles. The maximum absolute atomic E-state index is 12.4. The third kappa shape index (κ3) is 3.44. The number of rotatable bonds is 2. The molecule has 0 unspecified atom stereocenters. The van der Waals surface area contributed by atoms with Crippen molar-refractivity contribution in [2.24, 2.45) is 11.3 Å². The molecule has 0 radical (unpaired) electrons. The minimum absolute atomic E-state index is 0.00481. The molecule has 1 fully saturated rings. The summed E-state index contributed by atoms with van der Waals surface area (Å²) in [5.41, 5.74) is 3.25. The Morgan fingerprint density at radius 3 is 2.89 bits per heavy atom. The molecule has 1 aromatic heterocycles. The zero-order chi connectivity index (χ0) is 13.9. The van der Waals surface area contributed by atoms with Crippen LogP contribution in [0.4, 0.5) is 5.82 Å². The van der Waals surface area contributed by atoms with Crippen molar-refractivity contribution in [2.75, 3.05) is 18.5 Å². The molecule has 5 nitrogen and oxygen atoms in total. The molecule has 3 N–H and O–H groups in total. The van der Waals surface area contributed by atoms with E-state index in [9.17, 15) is 4.79 Å². The summed E-state index contributed by atoms with van der Waals surface area (Å²) in [6, 6.07) is 5.26. The van der Waals surface area contributed by atoms with Gasteiger partial charge in [0, 0.05) is 13.1 Å². The molecule has 0 saturated carbocycles. The average Bonchev–Trinajstić information content (AvgIpc) is 2.59. The first-order valence-corrected chi connectivity index (χ1v) is 6.75. The average molecular weight is 262 g/mol. The molecule has 1 aromatic rings. The number of pyridine rings is 1. The number of hydrogen-bond donors (Lipinski definition) is 2. The number of nitrogens with one attached hydrogen (secondary N) is 1. The highest BCUT2D eigenvalue weighted by molar-refractivity contribution is 5.92. The molecule has 1 saturated heterocycles. The van der Waals surface area contributed by atoms with Crippen LogP contribution in [0.1, 0.15) is 43.6 Å². The van der Waals surface area contributed by atoms with Crippen LogP contribution < -0.4 is 11.3 Å². The number of aromatic nitrogens is 1. The summed E-state index contributed by atoms with van der Waals surface area (Å²) in [5.74, 6) is 5.83. The van der Waals surface area contributed by atoms with Crippen molar-refractivity contribution in [1.82, 2.24) is 9.88 Å². The lowest BCUT2D eigenvalue weighted by molar-refractivity contribution is 0.0751. The number of nitrogens with two attached hydrogens (primary N) is 1. The first kappa shape index (κ1) is 13.8. The van der Waals surface area contributed by atoms with E-state index in [2.05, 4.69) is 24.3 Å². The number of nitrogens with zero attached hydrogens (tertiary/aromatic N) is 2. The van der Waals surface area contributed by atoms with E-state index in [0.29, 0.717) is 16.9 Å². The van der Waals surface area contributed by atoms with Crippen LogP contribution in [0, 0.1) is 5.41 Å². The summed E-state index contributed by atoms with van der Waals surface area (Å²) in [5, 5.41) is 0. The minimum Gasteiger partial charge on any atom is -0.337 e. The Morgan fingerprint density at radius 1 is 1.37 bits per heavy atom. The van der Waals surface area contributed by atoms with Crippen LogP contribution in [0.15, 0.2) is 18.2 Å². The summed E-state index contributed by atoms with van der Waals surface area (Å²) in [4.78, 5) is 18.5. The van der Waals surface area contributed by atoms with E-state index < -0.39 is 0 Å². The van der Waals surface area contributed by atoms with Gasteiger partial charge in [-0.1, -0.05) is 19.9 Å². The van der Waals surface area contributed by atoms with Crippen LogP contribution in [0.2, 0.25) is 0 Å². The smallest absolute Gasteiger partial charge is 0.272 e. The van der Waals surface area contributed by atoms with Gasteiger partial charge in [-0.25, -0.2) is 10.8 Å². The van der Waals surface area contributed by atoms with Crippen molar-refractivity contribution in [1.29, 1.82) is 0 Å². The van der Waals surface area contributed by atoms with E-state index in [1.165, 1.54) is 0 Å². The zero-order valence-corrected chi connectivity index (χ0v) is 11.6. The Morgan fingerprint density at radius 2 is 2.16 bits per heavy atom. The lowest BCUT2D eigenvalue weighted by Crippen LogP contribution is -2.33. The number of amides is 1. The van der Waals surface area contributed by atoms with Crippen LogP contribution in [0.25, 0.3) is 0 Å². The van der Waals surface area contributed by atoms with E-state index in [1.54, 1.807) is 18.2 Å². The molecule has 0 spiro atoms. The standard InChI is InChI=1S/C14H22N4O/c1-14(2)7-4-9-18(10-8-14)13(19)11-5-3-6-12(16-11)17-15/h3,5-6H,4,7-10,15H2,1-2H3,(H,16,17). The quantitative estimate of drug-likeness (QED) is 0.632. The predicted octanol–water partition coefficient (Wildman–Crippen LogP) is 2.02. The van der Waals surface area contributed by atoms with Crippen LogP contribution in [0.5, 0.6) is 0 Å². The Bertz CT molecular complexity index is 459. The second kappa shape index (κ2) is 5.57. The van der Waals surface area contributed by atoms with Gasteiger partial charge in [-0.2, -0.15) is 0 Å². The van der Waals surface area contributed by atoms with Crippen molar-refractivity contribution in [3.05, 3.63) is 23.9 Å². The van der Waals surface area contributed by atoms with E-state index in [-0.39, 0.29) is 5.91 Å². The first-order valence-electron chi connectivity index (χ1n) is 6.75. The molecule has 104 valence electrons. The SMILES string of the molecule is CC1(C)CCCN(C(=O)c2cccc(NN)n2)CC1. The van der Waals surface area contributed by atoms with Gasteiger partial charge in [0.2, 0.25) is 0 Å². The fourth-order valence-corrected chi connectivity index (χ4v) is 2.42. The molecule has 0 aliphatic carbocycles. The highest BCUT2D eigenvalue weighted by Crippen LogP contribution is 2.30. The van der Waals surface area contributed by atoms with Gasteiger partial charge in [0.25, 0.3) is 5.91 Å². The van der Waals surface area contributed by atoms with Crippen LogP contribution in [-0.2, 0) is 0 Å². The fourth-order valence-electron chi connectivity index (χ4n) is 2.42. The van der Waals surface area contributed by atoms with E-state index in [0.717, 1.165) is 32.4 Å². The predicted molar refractivity (Wildman–Crippen MR) is 75.6 cm³/mol. The Labute approximate surface area is 114 Å².